The van der Waals surface area contributed by atoms with E-state index in [1.54, 1.807) is 4.90 Å². The number of ether oxygens (including phenoxy) is 2. The van der Waals surface area contributed by atoms with Gasteiger partial charge in [-0.05, 0) is 67.6 Å². The highest BCUT2D eigenvalue weighted by atomic mass is 35.5. The molecule has 0 bridgehead atoms. The molecule has 1 aliphatic rings. The molecule has 0 aliphatic carbocycles. The number of hydrogen-bond acceptors (Lipinski definition) is 7. The average Bonchev–Trinajstić information content (AvgIpc) is 2.68. The molecule has 182 valence electrons. The van der Waals surface area contributed by atoms with Crippen LogP contribution < -0.4 is 5.32 Å². The van der Waals surface area contributed by atoms with E-state index in [1.807, 2.05) is 27.7 Å². The first-order chi connectivity index (χ1) is 14.1. The molecule has 1 aliphatic heterocycles. The van der Waals surface area contributed by atoms with Crippen LogP contribution in [-0.4, -0.2) is 94.1 Å². The molecule has 0 aromatic heterocycles. The van der Waals surface area contributed by atoms with Crippen molar-refractivity contribution in [3.63, 3.8) is 0 Å². The summed E-state index contributed by atoms with van der Waals surface area (Å²) in [5.74, 6) is -0.0560. The maximum atomic E-state index is 11.8. The van der Waals surface area contributed by atoms with Gasteiger partial charge < -0.3 is 24.6 Å². The minimum atomic E-state index is -0.482. The van der Waals surface area contributed by atoms with Crippen molar-refractivity contribution in [1.82, 2.24) is 15.1 Å². The van der Waals surface area contributed by atoms with Gasteiger partial charge in [0.15, 0.2) is 0 Å². The molecular formula is C21H42ClN5O4. The number of amides is 2. The fourth-order valence-corrected chi connectivity index (χ4v) is 2.58. The predicted molar refractivity (Wildman–Crippen MR) is 126 cm³/mol. The standard InChI is InChI=1S/C13H24N2O4.C8H17N3.ClH/c1-13(2,3)19-12(17)15-7-5-10(6-8-15)11(16)14-9-18-4;1-4-9-8-10-6-5-7-11(2)3;/h10H,5-9H2,1-4H3,(H,14,16);4-7H2,1-3H3;1H. The number of nitrogens with zero attached hydrogens (tertiary/aromatic N) is 4. The van der Waals surface area contributed by atoms with E-state index in [2.05, 4.69) is 40.3 Å². The molecule has 9 nitrogen and oxygen atoms in total. The van der Waals surface area contributed by atoms with E-state index in [0.717, 1.165) is 26.1 Å². The van der Waals surface area contributed by atoms with Gasteiger partial charge in [-0.1, -0.05) is 0 Å². The van der Waals surface area contributed by atoms with Gasteiger partial charge in [0.2, 0.25) is 5.91 Å². The van der Waals surface area contributed by atoms with E-state index in [1.165, 1.54) is 7.11 Å². The molecule has 1 heterocycles. The quantitative estimate of drug-likeness (QED) is 0.339. The van der Waals surface area contributed by atoms with Gasteiger partial charge in [-0.15, -0.1) is 12.4 Å². The zero-order valence-corrected chi connectivity index (χ0v) is 21.1. The Morgan fingerprint density at radius 3 is 2.29 bits per heavy atom. The van der Waals surface area contributed by atoms with Crippen molar-refractivity contribution in [3.8, 4) is 0 Å². The maximum absolute atomic E-state index is 11.8. The molecule has 1 N–H and O–H groups in total. The van der Waals surface area contributed by atoms with Crippen molar-refractivity contribution in [1.29, 1.82) is 0 Å². The summed E-state index contributed by atoms with van der Waals surface area (Å²) in [6.45, 7) is 11.5. The van der Waals surface area contributed by atoms with Crippen molar-refractivity contribution < 1.29 is 19.1 Å². The van der Waals surface area contributed by atoms with E-state index >= 15 is 0 Å². The lowest BCUT2D eigenvalue weighted by atomic mass is 9.96. The summed E-state index contributed by atoms with van der Waals surface area (Å²) in [6.07, 6.45) is 2.10. The van der Waals surface area contributed by atoms with Gasteiger partial charge in [0.05, 0.1) is 12.6 Å². The molecule has 0 spiro atoms. The lowest BCUT2D eigenvalue weighted by Crippen LogP contribution is -2.45. The summed E-state index contributed by atoms with van der Waals surface area (Å²) < 4.78 is 10.1. The zero-order chi connectivity index (χ0) is 23.0. The molecule has 2 amide bonds. The Balaban J connectivity index is 0. The normalized spacial score (nSPS) is 13.9. The van der Waals surface area contributed by atoms with Crippen molar-refractivity contribution in [2.45, 2.75) is 52.6 Å². The molecule has 10 heteroatoms. The average molecular weight is 464 g/mol. The maximum Gasteiger partial charge on any atom is 0.410 e. The van der Waals surface area contributed by atoms with Gasteiger partial charge in [-0.25, -0.2) is 14.8 Å². The van der Waals surface area contributed by atoms with Crippen molar-refractivity contribution in [2.24, 2.45) is 15.9 Å². The molecule has 1 rings (SSSR count). The number of hydrogen-bond donors (Lipinski definition) is 1. The number of nitrogens with one attached hydrogen (secondary N) is 1. The molecule has 0 aromatic rings. The number of halogens is 1. The first-order valence-electron chi connectivity index (χ1n) is 10.6. The van der Waals surface area contributed by atoms with E-state index in [4.69, 9.17) is 9.47 Å². The highest BCUT2D eigenvalue weighted by Crippen LogP contribution is 2.19. The number of methoxy groups -OCH3 is 1. The zero-order valence-electron chi connectivity index (χ0n) is 20.3. The van der Waals surface area contributed by atoms with Crippen LogP contribution in [0.4, 0.5) is 4.79 Å². The monoisotopic (exact) mass is 463 g/mol. The smallest absolute Gasteiger partial charge is 0.410 e. The fraction of sp³-hybridized carbons (Fsp3) is 0.857. The van der Waals surface area contributed by atoms with Crippen molar-refractivity contribution in [3.05, 3.63) is 0 Å². The molecule has 0 unspecified atom stereocenters. The Labute approximate surface area is 194 Å². The van der Waals surface area contributed by atoms with Gasteiger partial charge in [0.25, 0.3) is 0 Å². The third-order valence-corrected chi connectivity index (χ3v) is 4.08. The van der Waals surface area contributed by atoms with Gasteiger partial charge in [-0.2, -0.15) is 0 Å². The summed E-state index contributed by atoms with van der Waals surface area (Å²) in [7, 11) is 5.65. The molecule has 1 fully saturated rings. The summed E-state index contributed by atoms with van der Waals surface area (Å²) >= 11 is 0. The Kier molecular flexibility index (Phi) is 18.3. The summed E-state index contributed by atoms with van der Waals surface area (Å²) in [4.78, 5) is 35.2. The molecule has 0 atom stereocenters. The summed E-state index contributed by atoms with van der Waals surface area (Å²) in [5.41, 5.74) is -0.482. The second-order valence-electron chi connectivity index (χ2n) is 8.33. The SMILES string of the molecule is CCN=C=NCCCN(C)C.COCNC(=O)C1CCN(C(=O)OC(C)(C)C)CC1.Cl. The first kappa shape index (κ1) is 31.5. The summed E-state index contributed by atoms with van der Waals surface area (Å²) in [5, 5.41) is 2.69. The van der Waals surface area contributed by atoms with Crippen LogP contribution in [0.1, 0.15) is 47.0 Å². The van der Waals surface area contributed by atoms with E-state index in [9.17, 15) is 9.59 Å². The number of aliphatic imine (C=N–C) groups is 2. The number of carbonyl (C=O) groups is 2. The van der Waals surface area contributed by atoms with Crippen LogP contribution in [0.25, 0.3) is 0 Å². The van der Waals surface area contributed by atoms with E-state index < -0.39 is 5.60 Å². The Hall–Kier alpha value is -1.67. The highest BCUT2D eigenvalue weighted by Gasteiger charge is 2.29. The highest BCUT2D eigenvalue weighted by molar-refractivity contribution is 5.85. The van der Waals surface area contributed by atoms with Crippen LogP contribution in [0.5, 0.6) is 0 Å². The molecule has 0 radical (unpaired) electrons. The summed E-state index contributed by atoms with van der Waals surface area (Å²) in [6, 6.07) is 2.64. The van der Waals surface area contributed by atoms with Crippen molar-refractivity contribution in [2.75, 3.05) is 60.7 Å². The number of carbonyl (C=O) groups excluding carboxylic acids is 2. The Morgan fingerprint density at radius 2 is 1.81 bits per heavy atom. The molecule has 31 heavy (non-hydrogen) atoms. The van der Waals surface area contributed by atoms with Crippen LogP contribution in [0.3, 0.4) is 0 Å². The number of rotatable bonds is 8. The van der Waals surface area contributed by atoms with Gasteiger partial charge in [0.1, 0.15) is 12.3 Å². The van der Waals surface area contributed by atoms with E-state index in [-0.39, 0.29) is 37.1 Å². The third-order valence-electron chi connectivity index (χ3n) is 4.08. The number of likely N-dealkylation sites (tertiary alicyclic amines) is 1. The lowest BCUT2D eigenvalue weighted by Gasteiger charge is -2.32. The first-order valence-corrected chi connectivity index (χ1v) is 10.6. The largest absolute Gasteiger partial charge is 0.444 e. The van der Waals surface area contributed by atoms with Gasteiger partial charge in [0, 0.05) is 32.7 Å². The third kappa shape index (κ3) is 17.7. The second-order valence-corrected chi connectivity index (χ2v) is 8.33. The molecule has 1 saturated heterocycles. The second kappa shape index (κ2) is 18.0. The van der Waals surface area contributed by atoms with Gasteiger partial charge >= 0.3 is 6.09 Å². The van der Waals surface area contributed by atoms with Crippen LogP contribution in [0, 0.1) is 5.92 Å². The van der Waals surface area contributed by atoms with Crippen LogP contribution in [-0.2, 0) is 14.3 Å². The molecule has 0 aromatic carbocycles. The predicted octanol–water partition coefficient (Wildman–Crippen LogP) is 2.91. The van der Waals surface area contributed by atoms with E-state index in [0.29, 0.717) is 25.9 Å². The minimum Gasteiger partial charge on any atom is -0.444 e. The molecular weight excluding hydrogens is 422 g/mol. The fourth-order valence-electron chi connectivity index (χ4n) is 2.58. The van der Waals surface area contributed by atoms with Crippen LogP contribution >= 0.6 is 12.4 Å². The van der Waals surface area contributed by atoms with Crippen LogP contribution in [0.15, 0.2) is 9.98 Å². The number of piperidine rings is 1. The Bertz CT molecular complexity index is 552. The topological polar surface area (TPSA) is 95.8 Å². The van der Waals surface area contributed by atoms with Gasteiger partial charge in [-0.3, -0.25) is 4.79 Å². The van der Waals surface area contributed by atoms with Crippen molar-refractivity contribution >= 4 is 30.4 Å². The molecule has 0 saturated carbocycles. The lowest BCUT2D eigenvalue weighted by molar-refractivity contribution is -0.127. The minimum absolute atomic E-state index is 0. The Morgan fingerprint density at radius 1 is 1.19 bits per heavy atom. The van der Waals surface area contributed by atoms with Crippen LogP contribution in [0.2, 0.25) is 0 Å².